The molecule has 0 fully saturated rings. The van der Waals surface area contributed by atoms with Gasteiger partial charge in [-0.3, -0.25) is 4.79 Å². The van der Waals surface area contributed by atoms with E-state index >= 15 is 0 Å². The number of hydrogen-bond donors (Lipinski definition) is 1. The van der Waals surface area contributed by atoms with Crippen molar-refractivity contribution in [1.29, 1.82) is 0 Å². The molecular formula is C26H32N2O8. The molecule has 2 N–H and O–H groups in total. The average molecular weight is 501 g/mol. The molecular weight excluding hydrogens is 468 g/mol. The van der Waals surface area contributed by atoms with Crippen LogP contribution >= 0.6 is 0 Å². The Hall–Kier alpha value is -3.82. The van der Waals surface area contributed by atoms with Crippen molar-refractivity contribution in [1.82, 2.24) is 0 Å². The van der Waals surface area contributed by atoms with Crippen LogP contribution in [-0.2, 0) is 43.5 Å². The molecule has 3 rings (SSSR count). The molecule has 2 aliphatic rings. The molecule has 0 saturated carbocycles. The Morgan fingerprint density at radius 3 is 2.42 bits per heavy atom. The van der Waals surface area contributed by atoms with E-state index in [1.54, 1.807) is 45.0 Å². The summed E-state index contributed by atoms with van der Waals surface area (Å²) in [6, 6.07) is 6.55. The maximum atomic E-state index is 13.7. The predicted octanol–water partition coefficient (Wildman–Crippen LogP) is 2.60. The van der Waals surface area contributed by atoms with Gasteiger partial charge in [-0.2, -0.15) is 0 Å². The van der Waals surface area contributed by atoms with Gasteiger partial charge in [0.25, 0.3) is 0 Å². The minimum atomic E-state index is -2.04. The van der Waals surface area contributed by atoms with E-state index in [0.29, 0.717) is 12.1 Å². The van der Waals surface area contributed by atoms with Gasteiger partial charge in [0, 0.05) is 11.3 Å². The number of fused-ring (bicyclic) bond motifs is 2. The average Bonchev–Trinajstić information content (AvgIpc) is 3.06. The third-order valence-electron chi connectivity index (χ3n) is 5.87. The summed E-state index contributed by atoms with van der Waals surface area (Å²) in [7, 11) is 0. The van der Waals surface area contributed by atoms with Gasteiger partial charge < -0.3 is 29.6 Å². The van der Waals surface area contributed by atoms with Crippen molar-refractivity contribution in [2.45, 2.75) is 59.0 Å². The number of para-hydroxylation sites is 1. The van der Waals surface area contributed by atoms with Crippen LogP contribution in [0.5, 0.6) is 0 Å². The zero-order valence-corrected chi connectivity index (χ0v) is 21.2. The van der Waals surface area contributed by atoms with Gasteiger partial charge in [0.1, 0.15) is 29.3 Å². The first-order valence-corrected chi connectivity index (χ1v) is 12.0. The lowest BCUT2D eigenvalue weighted by Gasteiger charge is -2.41. The predicted molar refractivity (Wildman–Crippen MR) is 129 cm³/mol. The maximum absolute atomic E-state index is 13.7. The fourth-order valence-electron chi connectivity index (χ4n) is 4.44. The quantitative estimate of drug-likeness (QED) is 0.306. The number of esters is 4. The number of cyclic esters (lactones) is 1. The molecule has 194 valence electrons. The van der Waals surface area contributed by atoms with Crippen molar-refractivity contribution < 1.29 is 38.1 Å². The highest BCUT2D eigenvalue weighted by molar-refractivity contribution is 6.16. The van der Waals surface area contributed by atoms with E-state index in [-0.39, 0.29) is 48.0 Å². The summed E-state index contributed by atoms with van der Waals surface area (Å²) < 4.78 is 21.5. The molecule has 10 nitrogen and oxygen atoms in total. The highest BCUT2D eigenvalue weighted by Gasteiger charge is 2.63. The number of carbonyl (C=O) groups excluding carboxylic acids is 4. The van der Waals surface area contributed by atoms with E-state index in [4.69, 9.17) is 24.7 Å². The van der Waals surface area contributed by atoms with Crippen LogP contribution in [0.25, 0.3) is 0 Å². The smallest absolute Gasteiger partial charge is 0.339 e. The Morgan fingerprint density at radius 2 is 1.78 bits per heavy atom. The molecule has 0 unspecified atom stereocenters. The minimum Gasteiger partial charge on any atom is -0.465 e. The largest absolute Gasteiger partial charge is 0.465 e. The Bertz CT molecular complexity index is 1140. The van der Waals surface area contributed by atoms with Crippen LogP contribution in [0.1, 0.15) is 53.0 Å². The Morgan fingerprint density at radius 1 is 1.08 bits per heavy atom. The van der Waals surface area contributed by atoms with Gasteiger partial charge in [-0.05, 0) is 40.2 Å². The third kappa shape index (κ3) is 4.55. The Kier molecular flexibility index (Phi) is 8.07. The van der Waals surface area contributed by atoms with Crippen molar-refractivity contribution >= 4 is 29.6 Å². The molecule has 0 amide bonds. The normalized spacial score (nSPS) is 18.9. The molecule has 0 saturated heterocycles. The van der Waals surface area contributed by atoms with Crippen LogP contribution in [0.3, 0.4) is 0 Å². The number of hydrogen-bond acceptors (Lipinski definition) is 10. The summed E-state index contributed by atoms with van der Waals surface area (Å²) in [5.74, 6) is -3.43. The van der Waals surface area contributed by atoms with E-state index in [9.17, 15) is 19.2 Å². The van der Waals surface area contributed by atoms with Gasteiger partial charge in [-0.25, -0.2) is 14.4 Å². The second-order valence-electron chi connectivity index (χ2n) is 8.68. The number of rotatable bonds is 9. The summed E-state index contributed by atoms with van der Waals surface area (Å²) in [5.41, 5.74) is 4.61. The van der Waals surface area contributed by atoms with E-state index in [1.807, 2.05) is 6.92 Å². The molecule has 0 aliphatic carbocycles. The second kappa shape index (κ2) is 10.8. The van der Waals surface area contributed by atoms with Gasteiger partial charge in [-0.1, -0.05) is 31.5 Å². The van der Waals surface area contributed by atoms with Crippen LogP contribution in [0.2, 0.25) is 0 Å². The van der Waals surface area contributed by atoms with Gasteiger partial charge in [0.05, 0.1) is 19.3 Å². The molecule has 1 atom stereocenters. The van der Waals surface area contributed by atoms with Crippen molar-refractivity contribution in [3.05, 3.63) is 52.6 Å². The van der Waals surface area contributed by atoms with Crippen molar-refractivity contribution in [2.24, 2.45) is 5.73 Å². The monoisotopic (exact) mass is 500 g/mol. The minimum absolute atomic E-state index is 0.00838. The lowest BCUT2D eigenvalue weighted by Crippen LogP contribution is -2.51. The summed E-state index contributed by atoms with van der Waals surface area (Å²) in [6.07, 6.45) is 0.833. The van der Waals surface area contributed by atoms with E-state index in [0.717, 1.165) is 6.42 Å². The SMILES string of the molecule is CCCCOC(=O)C1=C(N)N(CC(=O)OCC)c2ccccc2[C@]12C(=O)OC(C)=C2C(=O)OC(C)C. The zero-order valence-electron chi connectivity index (χ0n) is 21.2. The summed E-state index contributed by atoms with van der Waals surface area (Å²) in [4.78, 5) is 54.4. The van der Waals surface area contributed by atoms with Crippen LogP contribution in [-0.4, -0.2) is 49.7 Å². The summed E-state index contributed by atoms with van der Waals surface area (Å²) in [5, 5.41) is 0. The number of ether oxygens (including phenoxy) is 4. The molecule has 0 bridgehead atoms. The highest BCUT2D eigenvalue weighted by atomic mass is 16.6. The maximum Gasteiger partial charge on any atom is 0.339 e. The number of carbonyl (C=O) groups is 4. The Labute approximate surface area is 210 Å². The molecule has 2 heterocycles. The van der Waals surface area contributed by atoms with Crippen LogP contribution < -0.4 is 10.6 Å². The summed E-state index contributed by atoms with van der Waals surface area (Å²) in [6.45, 7) is 8.27. The molecule has 0 aromatic heterocycles. The van der Waals surface area contributed by atoms with Crippen molar-refractivity contribution in [3.8, 4) is 0 Å². The number of anilines is 1. The summed E-state index contributed by atoms with van der Waals surface area (Å²) >= 11 is 0. The first-order valence-electron chi connectivity index (χ1n) is 12.0. The number of benzene rings is 1. The van der Waals surface area contributed by atoms with Gasteiger partial charge in [0.15, 0.2) is 5.41 Å². The van der Waals surface area contributed by atoms with Crippen molar-refractivity contribution in [2.75, 3.05) is 24.7 Å². The third-order valence-corrected chi connectivity index (χ3v) is 5.87. The van der Waals surface area contributed by atoms with Gasteiger partial charge >= 0.3 is 23.9 Å². The lowest BCUT2D eigenvalue weighted by molar-refractivity contribution is -0.148. The van der Waals surface area contributed by atoms with Crippen molar-refractivity contribution in [3.63, 3.8) is 0 Å². The molecule has 1 aromatic rings. The fraction of sp³-hybridized carbons (Fsp3) is 0.462. The molecule has 2 aliphatic heterocycles. The van der Waals surface area contributed by atoms with Crippen LogP contribution in [0.15, 0.2) is 47.0 Å². The first-order chi connectivity index (χ1) is 17.1. The number of unbranched alkanes of at least 4 members (excludes halogenated alkanes) is 1. The molecule has 10 heteroatoms. The van der Waals surface area contributed by atoms with Crippen LogP contribution in [0.4, 0.5) is 5.69 Å². The Balaban J connectivity index is 2.33. The lowest BCUT2D eigenvalue weighted by atomic mass is 9.66. The number of nitrogens with zero attached hydrogens (tertiary/aromatic N) is 1. The topological polar surface area (TPSA) is 134 Å². The van der Waals surface area contributed by atoms with Gasteiger partial charge in [0.2, 0.25) is 0 Å². The standard InChI is InChI=1S/C26H32N2O8/c1-6-8-13-34-23(30)21-22(27)28(14-19(29)33-7-2)18-12-10-9-11-17(18)26(21)20(16(5)36-25(26)32)24(31)35-15(3)4/h9-12,15H,6-8,13-14,27H2,1-5H3/t26-/m1/s1. The van der Waals surface area contributed by atoms with Gasteiger partial charge in [-0.15, -0.1) is 0 Å². The zero-order chi connectivity index (χ0) is 26.6. The van der Waals surface area contributed by atoms with E-state index in [1.165, 1.54) is 11.8 Å². The number of allylic oxidation sites excluding steroid dienone is 1. The fourth-order valence-corrected chi connectivity index (χ4v) is 4.44. The highest BCUT2D eigenvalue weighted by Crippen LogP contribution is 2.54. The van der Waals surface area contributed by atoms with Crippen LogP contribution in [0, 0.1) is 0 Å². The van der Waals surface area contributed by atoms with E-state index in [2.05, 4.69) is 0 Å². The second-order valence-corrected chi connectivity index (χ2v) is 8.68. The molecule has 36 heavy (non-hydrogen) atoms. The molecule has 1 spiro atoms. The number of nitrogens with two attached hydrogens (primary N) is 1. The molecule has 0 radical (unpaired) electrons. The molecule has 1 aromatic carbocycles. The first kappa shape index (κ1) is 26.8. The van der Waals surface area contributed by atoms with E-state index < -0.39 is 35.4 Å².